The number of sulfonamides is 2. The molecule has 0 unspecified atom stereocenters. The van der Waals surface area contributed by atoms with Crippen LogP contribution in [-0.2, 0) is 39.3 Å². The summed E-state index contributed by atoms with van der Waals surface area (Å²) in [4.78, 5) is 11.5. The van der Waals surface area contributed by atoms with Gasteiger partial charge in [-0.2, -0.15) is 13.2 Å². The van der Waals surface area contributed by atoms with E-state index in [-0.39, 0.29) is 47.6 Å². The number of rotatable bonds is 11. The molecule has 0 amide bonds. The fraction of sp³-hybridized carbons (Fsp3) is 0.182. The average molecular weight is 821 g/mol. The number of benzene rings is 4. The van der Waals surface area contributed by atoms with Crippen molar-refractivity contribution in [3.8, 4) is 11.5 Å². The van der Waals surface area contributed by atoms with Crippen LogP contribution in [0.3, 0.4) is 0 Å². The molecule has 53 heavy (non-hydrogen) atoms. The third kappa shape index (κ3) is 11.0. The summed E-state index contributed by atoms with van der Waals surface area (Å²) in [5.74, 6) is -3.98. The SMILES string of the molecule is CS(=O)(=O)N(Cc1ccc(-c2nnc(C(F)(F)F)o2)cc1F)c1ccc(Cl)cc1.CS(=O)(=O)N(Cc1ccc(C(=O)CN)cc1F)c1ccc(Cl)cc1. The minimum absolute atomic E-state index is 0.00955. The Morgan fingerprint density at radius 1 is 0.736 bits per heavy atom. The molecule has 1 heterocycles. The molecule has 1 aromatic heterocycles. The smallest absolute Gasteiger partial charge is 0.413 e. The maximum Gasteiger partial charge on any atom is 0.470 e. The molecule has 0 bridgehead atoms. The maximum absolute atomic E-state index is 14.6. The molecule has 5 aromatic rings. The normalized spacial score (nSPS) is 11.8. The monoisotopic (exact) mass is 819 g/mol. The van der Waals surface area contributed by atoms with Gasteiger partial charge in [0.05, 0.1) is 43.5 Å². The molecule has 0 aliphatic rings. The number of nitrogens with two attached hydrogens (primary N) is 1. The van der Waals surface area contributed by atoms with Gasteiger partial charge in [0.1, 0.15) is 11.6 Å². The first-order chi connectivity index (χ1) is 24.7. The Morgan fingerprint density at radius 3 is 1.57 bits per heavy atom. The molecule has 11 nitrogen and oxygen atoms in total. The van der Waals surface area contributed by atoms with E-state index in [1.807, 2.05) is 0 Å². The van der Waals surface area contributed by atoms with Crippen LogP contribution < -0.4 is 14.3 Å². The van der Waals surface area contributed by atoms with Crippen LogP contribution >= 0.6 is 23.2 Å². The van der Waals surface area contributed by atoms with Crippen molar-refractivity contribution >= 4 is 60.4 Å². The number of Topliss-reactive ketones (excluding diaryl/α,β-unsaturated/α-hetero) is 1. The summed E-state index contributed by atoms with van der Waals surface area (Å²) in [6, 6.07) is 19.3. The topological polar surface area (TPSA) is 157 Å². The number of carbonyl (C=O) groups excluding carboxylic acids is 1. The lowest BCUT2D eigenvalue weighted by Gasteiger charge is -2.23. The summed E-state index contributed by atoms with van der Waals surface area (Å²) < 4.78 is 121. The zero-order chi connectivity index (χ0) is 39.3. The van der Waals surface area contributed by atoms with Crippen molar-refractivity contribution < 1.29 is 48.0 Å². The predicted molar refractivity (Wildman–Crippen MR) is 189 cm³/mol. The van der Waals surface area contributed by atoms with Crippen molar-refractivity contribution in [1.82, 2.24) is 10.2 Å². The highest BCUT2D eigenvalue weighted by Crippen LogP contribution is 2.31. The quantitative estimate of drug-likeness (QED) is 0.108. The van der Waals surface area contributed by atoms with Gasteiger partial charge >= 0.3 is 12.1 Å². The number of carbonyl (C=O) groups is 1. The second-order valence-electron chi connectivity index (χ2n) is 11.1. The van der Waals surface area contributed by atoms with Crippen molar-refractivity contribution in [2.24, 2.45) is 5.73 Å². The van der Waals surface area contributed by atoms with Crippen LogP contribution in [0.2, 0.25) is 10.0 Å². The lowest BCUT2D eigenvalue weighted by molar-refractivity contribution is -0.156. The van der Waals surface area contributed by atoms with E-state index in [0.717, 1.165) is 33.3 Å². The van der Waals surface area contributed by atoms with Crippen LogP contribution in [0.25, 0.3) is 11.5 Å². The molecule has 20 heteroatoms. The minimum Gasteiger partial charge on any atom is -0.413 e. The molecule has 0 saturated carbocycles. The molecular formula is C33H28Cl2F5N5O6S2. The Balaban J connectivity index is 0.000000241. The van der Waals surface area contributed by atoms with Gasteiger partial charge in [0.25, 0.3) is 0 Å². The zero-order valence-corrected chi connectivity index (χ0v) is 30.6. The molecular weight excluding hydrogens is 792 g/mol. The third-order valence-corrected chi connectivity index (χ3v) is 9.97. The molecule has 0 aliphatic carbocycles. The van der Waals surface area contributed by atoms with Crippen molar-refractivity contribution in [3.63, 3.8) is 0 Å². The van der Waals surface area contributed by atoms with Crippen molar-refractivity contribution in [3.05, 3.63) is 129 Å². The largest absolute Gasteiger partial charge is 0.470 e. The minimum atomic E-state index is -4.82. The summed E-state index contributed by atoms with van der Waals surface area (Å²) >= 11 is 11.6. The van der Waals surface area contributed by atoms with Gasteiger partial charge in [-0.05, 0) is 66.7 Å². The molecule has 0 fully saturated rings. The summed E-state index contributed by atoms with van der Waals surface area (Å²) in [5, 5.41) is 7.00. The molecule has 0 aliphatic heterocycles. The standard InChI is InChI=1S/C17H12ClF4N3O3S.C16H16ClFN2O3S/c1-29(26,27)25(13-6-4-12(18)5-7-13)9-11-3-2-10(8-14(11)19)15-23-24-16(28-15)17(20,21)22;1-24(22,23)20(14-6-4-13(17)5-7-14)10-12-3-2-11(8-15(12)18)16(21)9-19/h2-8H,9H2,1H3;2-8H,9-10,19H2,1H3. The lowest BCUT2D eigenvalue weighted by atomic mass is 10.1. The Kier molecular flexibility index (Phi) is 12.9. The van der Waals surface area contributed by atoms with Gasteiger partial charge in [-0.1, -0.05) is 41.4 Å². The van der Waals surface area contributed by atoms with E-state index in [1.165, 1.54) is 60.7 Å². The Bertz CT molecular complexity index is 2310. The number of ketones is 1. The zero-order valence-electron chi connectivity index (χ0n) is 27.5. The Morgan fingerprint density at radius 2 is 1.19 bits per heavy atom. The molecule has 0 spiro atoms. The molecule has 0 saturated heterocycles. The van der Waals surface area contributed by atoms with Crippen LogP contribution in [0.5, 0.6) is 0 Å². The number of nitrogens with zero attached hydrogens (tertiary/aromatic N) is 4. The number of alkyl halides is 3. The number of hydrogen-bond acceptors (Lipinski definition) is 9. The molecule has 5 rings (SSSR count). The maximum atomic E-state index is 14.6. The summed E-state index contributed by atoms with van der Waals surface area (Å²) in [7, 11) is -7.40. The van der Waals surface area contributed by atoms with E-state index < -0.39 is 55.4 Å². The first kappa shape index (κ1) is 41.1. The Labute approximate surface area is 310 Å². The highest BCUT2D eigenvalue weighted by atomic mass is 35.5. The first-order valence-corrected chi connectivity index (χ1v) is 19.3. The van der Waals surface area contributed by atoms with E-state index in [1.54, 1.807) is 12.1 Å². The number of anilines is 2. The van der Waals surface area contributed by atoms with E-state index >= 15 is 0 Å². The second-order valence-corrected chi connectivity index (χ2v) is 15.8. The molecule has 4 aromatic carbocycles. The van der Waals surface area contributed by atoms with Gasteiger partial charge in [0.2, 0.25) is 25.9 Å². The van der Waals surface area contributed by atoms with Gasteiger partial charge < -0.3 is 10.2 Å². The number of aromatic nitrogens is 2. The first-order valence-electron chi connectivity index (χ1n) is 14.8. The number of hydrogen-bond donors (Lipinski definition) is 1. The third-order valence-electron chi connectivity index (χ3n) is 7.19. The van der Waals surface area contributed by atoms with Crippen LogP contribution in [0.4, 0.5) is 33.3 Å². The van der Waals surface area contributed by atoms with Crippen LogP contribution in [0.15, 0.2) is 89.3 Å². The van der Waals surface area contributed by atoms with E-state index in [4.69, 9.17) is 28.9 Å². The van der Waals surface area contributed by atoms with Crippen LogP contribution in [-0.4, -0.2) is 51.9 Å². The molecule has 2 N–H and O–H groups in total. The van der Waals surface area contributed by atoms with Gasteiger partial charge in [0, 0.05) is 32.3 Å². The fourth-order valence-electron chi connectivity index (χ4n) is 4.55. The average Bonchev–Trinajstić information content (AvgIpc) is 3.59. The van der Waals surface area contributed by atoms with Crippen LogP contribution in [0.1, 0.15) is 27.4 Å². The highest BCUT2D eigenvalue weighted by molar-refractivity contribution is 7.92. The lowest BCUT2D eigenvalue weighted by Crippen LogP contribution is -2.29. The van der Waals surface area contributed by atoms with E-state index in [2.05, 4.69) is 14.6 Å². The summed E-state index contributed by atoms with van der Waals surface area (Å²) in [6.45, 7) is -0.771. The number of halogens is 7. The highest BCUT2D eigenvalue weighted by Gasteiger charge is 2.38. The molecule has 0 radical (unpaired) electrons. The Hall–Kier alpha value is -4.62. The van der Waals surface area contributed by atoms with Crippen molar-refractivity contribution in [2.45, 2.75) is 19.3 Å². The van der Waals surface area contributed by atoms with E-state index in [0.29, 0.717) is 15.7 Å². The van der Waals surface area contributed by atoms with E-state index in [9.17, 15) is 43.6 Å². The summed E-state index contributed by atoms with van der Waals surface area (Å²) in [5.41, 5.74) is 6.09. The van der Waals surface area contributed by atoms with Crippen molar-refractivity contribution in [1.29, 1.82) is 0 Å². The van der Waals surface area contributed by atoms with Crippen molar-refractivity contribution in [2.75, 3.05) is 27.7 Å². The van der Waals surface area contributed by atoms with Gasteiger partial charge in [-0.25, -0.2) is 25.6 Å². The fourth-order valence-corrected chi connectivity index (χ4v) is 6.56. The molecule has 282 valence electrons. The summed E-state index contributed by atoms with van der Waals surface area (Å²) in [6.07, 6.45) is -2.82. The second kappa shape index (κ2) is 16.6. The van der Waals surface area contributed by atoms with Gasteiger partial charge in [-0.15, -0.1) is 10.2 Å². The molecule has 0 atom stereocenters. The van der Waals surface area contributed by atoms with Crippen LogP contribution in [0, 0.1) is 11.6 Å². The van der Waals surface area contributed by atoms with Gasteiger partial charge in [0.15, 0.2) is 5.78 Å². The predicted octanol–water partition coefficient (Wildman–Crippen LogP) is 7.10. The van der Waals surface area contributed by atoms with Gasteiger partial charge in [-0.3, -0.25) is 13.4 Å².